The first kappa shape index (κ1) is 19.7. The quantitative estimate of drug-likeness (QED) is 0.375. The summed E-state index contributed by atoms with van der Waals surface area (Å²) in [5, 5.41) is 17.1. The molecule has 0 aliphatic heterocycles. The van der Waals surface area contributed by atoms with Gasteiger partial charge in [-0.05, 0) is 48.8 Å². The SMILES string of the molecule is COc1ccc2c(OCC(=N)n3cc(-c4cc(C)ns4)cc(F)c3=N)ccnc2c1. The molecule has 0 unspecified atom stereocenters. The first-order chi connectivity index (χ1) is 14.5. The number of fused-ring (bicyclic) bond motifs is 1. The normalized spacial score (nSPS) is 10.9. The third-order valence-corrected chi connectivity index (χ3v) is 5.42. The fourth-order valence-corrected chi connectivity index (χ4v) is 3.71. The van der Waals surface area contributed by atoms with E-state index in [1.807, 2.05) is 19.1 Å². The number of hydrogen-bond acceptors (Lipinski definition) is 7. The molecular weight excluding hydrogens is 405 g/mol. The summed E-state index contributed by atoms with van der Waals surface area (Å²) in [6.45, 7) is 1.71. The third-order valence-electron chi connectivity index (χ3n) is 4.50. The van der Waals surface area contributed by atoms with Crippen LogP contribution in [0.3, 0.4) is 0 Å². The highest BCUT2D eigenvalue weighted by Gasteiger charge is 2.12. The molecule has 4 rings (SSSR count). The molecule has 3 heterocycles. The van der Waals surface area contributed by atoms with E-state index >= 15 is 0 Å². The number of nitrogens with zero attached hydrogens (tertiary/aromatic N) is 3. The minimum Gasteiger partial charge on any atom is -0.497 e. The van der Waals surface area contributed by atoms with Crippen LogP contribution in [0.1, 0.15) is 5.69 Å². The number of hydrogen-bond donors (Lipinski definition) is 2. The van der Waals surface area contributed by atoms with E-state index in [4.69, 9.17) is 20.3 Å². The zero-order chi connectivity index (χ0) is 21.3. The zero-order valence-corrected chi connectivity index (χ0v) is 17.1. The van der Waals surface area contributed by atoms with E-state index in [1.165, 1.54) is 22.2 Å². The fraction of sp³-hybridized carbons (Fsp3) is 0.143. The van der Waals surface area contributed by atoms with E-state index in [-0.39, 0.29) is 12.4 Å². The van der Waals surface area contributed by atoms with Gasteiger partial charge in [-0.15, -0.1) is 0 Å². The summed E-state index contributed by atoms with van der Waals surface area (Å²) in [5.74, 6) is 0.430. The number of aromatic nitrogens is 3. The largest absolute Gasteiger partial charge is 0.497 e. The maximum absolute atomic E-state index is 14.4. The van der Waals surface area contributed by atoms with Crippen LogP contribution in [0.2, 0.25) is 0 Å². The van der Waals surface area contributed by atoms with Gasteiger partial charge in [0.2, 0.25) is 0 Å². The maximum atomic E-state index is 14.4. The van der Waals surface area contributed by atoms with Crippen LogP contribution in [0.5, 0.6) is 11.5 Å². The van der Waals surface area contributed by atoms with Crippen LogP contribution >= 0.6 is 11.5 Å². The van der Waals surface area contributed by atoms with Gasteiger partial charge in [-0.3, -0.25) is 20.4 Å². The Morgan fingerprint density at radius 1 is 1.23 bits per heavy atom. The second-order valence-corrected chi connectivity index (χ2v) is 7.36. The van der Waals surface area contributed by atoms with Crippen LogP contribution in [0.4, 0.5) is 4.39 Å². The summed E-state index contributed by atoms with van der Waals surface area (Å²) < 4.78 is 30.8. The van der Waals surface area contributed by atoms with Gasteiger partial charge in [0, 0.05) is 29.4 Å². The molecule has 0 fully saturated rings. The second kappa shape index (κ2) is 8.03. The standard InChI is InChI=1S/C21H18FN5O2S/c1-12-7-19(30-26-12)13-8-16(22)21(24)27(10-13)20(23)11-29-18-5-6-25-17-9-14(28-2)3-4-15(17)18/h3-10,23-24H,11H2,1-2H3. The minimum absolute atomic E-state index is 0.0690. The van der Waals surface area contributed by atoms with Crippen LogP contribution in [0, 0.1) is 23.6 Å². The molecule has 0 bridgehead atoms. The van der Waals surface area contributed by atoms with Crippen molar-refractivity contribution in [2.75, 3.05) is 13.7 Å². The molecule has 3 aromatic heterocycles. The Morgan fingerprint density at radius 2 is 2.07 bits per heavy atom. The van der Waals surface area contributed by atoms with Crippen molar-refractivity contribution in [3.05, 3.63) is 65.8 Å². The molecule has 0 saturated heterocycles. The number of rotatable bonds is 5. The van der Waals surface area contributed by atoms with Gasteiger partial charge in [-0.2, -0.15) is 4.37 Å². The van der Waals surface area contributed by atoms with Crippen molar-refractivity contribution in [1.29, 1.82) is 10.8 Å². The molecule has 152 valence electrons. The molecule has 0 aliphatic rings. The summed E-state index contributed by atoms with van der Waals surface area (Å²) >= 11 is 1.24. The molecule has 0 atom stereocenters. The predicted molar refractivity (Wildman–Crippen MR) is 113 cm³/mol. The number of ether oxygens (including phenoxy) is 2. The van der Waals surface area contributed by atoms with Crippen molar-refractivity contribution in [2.24, 2.45) is 0 Å². The lowest BCUT2D eigenvalue weighted by atomic mass is 10.2. The smallest absolute Gasteiger partial charge is 0.167 e. The monoisotopic (exact) mass is 423 g/mol. The van der Waals surface area contributed by atoms with E-state index in [0.717, 1.165) is 16.0 Å². The highest BCUT2D eigenvalue weighted by molar-refractivity contribution is 7.09. The van der Waals surface area contributed by atoms with Crippen LogP contribution in [-0.2, 0) is 0 Å². The minimum atomic E-state index is -0.718. The second-order valence-electron chi connectivity index (χ2n) is 6.56. The lowest BCUT2D eigenvalue weighted by Gasteiger charge is -2.13. The maximum Gasteiger partial charge on any atom is 0.167 e. The van der Waals surface area contributed by atoms with Gasteiger partial charge in [0.15, 0.2) is 11.3 Å². The lowest BCUT2D eigenvalue weighted by molar-refractivity contribution is 0.375. The van der Waals surface area contributed by atoms with Gasteiger partial charge in [0.05, 0.1) is 23.2 Å². The summed E-state index contributed by atoms with van der Waals surface area (Å²) in [5.41, 5.74) is 1.68. The van der Waals surface area contributed by atoms with Crippen molar-refractivity contribution in [3.8, 4) is 21.9 Å². The Morgan fingerprint density at radius 3 is 2.80 bits per heavy atom. The van der Waals surface area contributed by atoms with E-state index in [0.29, 0.717) is 22.6 Å². The van der Waals surface area contributed by atoms with Crippen molar-refractivity contribution in [2.45, 2.75) is 6.92 Å². The first-order valence-electron chi connectivity index (χ1n) is 9.00. The van der Waals surface area contributed by atoms with Crippen molar-refractivity contribution >= 4 is 28.3 Å². The van der Waals surface area contributed by atoms with Crippen LogP contribution in [-0.4, -0.2) is 33.5 Å². The van der Waals surface area contributed by atoms with Crippen LogP contribution < -0.4 is 15.0 Å². The van der Waals surface area contributed by atoms with Gasteiger partial charge in [-0.25, -0.2) is 4.39 Å². The number of nitrogens with one attached hydrogen (secondary N) is 2. The van der Waals surface area contributed by atoms with E-state index in [1.54, 1.807) is 37.7 Å². The Kier molecular flexibility index (Phi) is 5.28. The molecule has 0 amide bonds. The summed E-state index contributed by atoms with van der Waals surface area (Å²) in [7, 11) is 1.58. The lowest BCUT2D eigenvalue weighted by Crippen LogP contribution is -2.32. The summed E-state index contributed by atoms with van der Waals surface area (Å²) in [6.07, 6.45) is 3.16. The van der Waals surface area contributed by atoms with E-state index in [2.05, 4.69) is 9.36 Å². The Hall–Kier alpha value is -3.59. The Labute approximate surface area is 175 Å². The molecule has 7 nitrogen and oxygen atoms in total. The highest BCUT2D eigenvalue weighted by atomic mass is 32.1. The van der Waals surface area contributed by atoms with Crippen molar-refractivity contribution in [1.82, 2.24) is 13.9 Å². The average Bonchev–Trinajstić information content (AvgIpc) is 3.19. The topological polar surface area (TPSA) is 96.9 Å². The molecule has 1 aromatic carbocycles. The van der Waals surface area contributed by atoms with Crippen molar-refractivity contribution < 1.29 is 13.9 Å². The number of methoxy groups -OCH3 is 1. The van der Waals surface area contributed by atoms with Crippen LogP contribution in [0.15, 0.2) is 48.8 Å². The third kappa shape index (κ3) is 3.79. The molecule has 0 saturated carbocycles. The Bertz CT molecular complexity index is 1310. The Balaban J connectivity index is 1.61. The molecule has 0 aliphatic carbocycles. The molecule has 30 heavy (non-hydrogen) atoms. The fourth-order valence-electron chi connectivity index (χ4n) is 2.98. The molecule has 4 aromatic rings. The van der Waals surface area contributed by atoms with Crippen molar-refractivity contribution in [3.63, 3.8) is 0 Å². The number of pyridine rings is 2. The summed E-state index contributed by atoms with van der Waals surface area (Å²) in [6, 6.07) is 10.2. The van der Waals surface area contributed by atoms with Gasteiger partial charge in [0.1, 0.15) is 23.9 Å². The molecule has 2 N–H and O–H groups in total. The highest BCUT2D eigenvalue weighted by Crippen LogP contribution is 2.27. The summed E-state index contributed by atoms with van der Waals surface area (Å²) in [4.78, 5) is 5.07. The molecule has 0 spiro atoms. The average molecular weight is 423 g/mol. The number of aryl methyl sites for hydroxylation is 1. The van der Waals surface area contributed by atoms with Gasteiger partial charge in [-0.1, -0.05) is 0 Å². The number of benzene rings is 1. The van der Waals surface area contributed by atoms with E-state index in [9.17, 15) is 4.39 Å². The number of halogens is 1. The van der Waals surface area contributed by atoms with Gasteiger partial charge >= 0.3 is 0 Å². The van der Waals surface area contributed by atoms with E-state index < -0.39 is 11.3 Å². The van der Waals surface area contributed by atoms with Crippen LogP contribution in [0.25, 0.3) is 21.3 Å². The zero-order valence-electron chi connectivity index (χ0n) is 16.3. The van der Waals surface area contributed by atoms with Gasteiger partial charge in [0.25, 0.3) is 0 Å². The molecular formula is C21H18FN5O2S. The first-order valence-corrected chi connectivity index (χ1v) is 9.77. The molecule has 9 heteroatoms. The predicted octanol–water partition coefficient (Wildman–Crippen LogP) is 4.00. The molecule has 0 radical (unpaired) electrons. The van der Waals surface area contributed by atoms with Gasteiger partial charge < -0.3 is 9.47 Å².